The second-order valence-electron chi connectivity index (χ2n) is 6.91. The van der Waals surface area contributed by atoms with E-state index in [0.29, 0.717) is 5.69 Å². The van der Waals surface area contributed by atoms with Gasteiger partial charge >= 0.3 is 11.9 Å². The Kier molecular flexibility index (Phi) is 8.91. The fraction of sp³-hybridized carbons (Fsp3) is 0.238. The molecule has 0 saturated carbocycles. The number of rotatable bonds is 10. The van der Waals surface area contributed by atoms with Crippen molar-refractivity contribution in [3.63, 3.8) is 0 Å². The molecule has 14 heteroatoms. The molecule has 0 aliphatic rings. The van der Waals surface area contributed by atoms with Crippen LogP contribution in [0, 0.1) is 10.1 Å². The lowest BCUT2D eigenvalue weighted by Gasteiger charge is -2.23. The molecule has 14 nitrogen and oxygen atoms in total. The van der Waals surface area contributed by atoms with Crippen LogP contribution >= 0.6 is 0 Å². The molecule has 2 aromatic carbocycles. The standard InChI is InChI=1S/C21H22N6O8/c1-12(28)23-18-9-13(26(10-19(29)34-2)11-20(30)35-3)4-7-17(18)25-24-16-6-5-14(27(32)33)8-15(16)21(22)31/h4-9H,10-11H2,1-3H3,(H2,22,31)(H,23,28). The van der Waals surface area contributed by atoms with Gasteiger partial charge in [-0.3, -0.25) is 29.3 Å². The minimum atomic E-state index is -0.943. The highest BCUT2D eigenvalue weighted by Gasteiger charge is 2.19. The van der Waals surface area contributed by atoms with Gasteiger partial charge in [0.2, 0.25) is 5.91 Å². The topological polar surface area (TPSA) is 196 Å². The summed E-state index contributed by atoms with van der Waals surface area (Å²) in [6.45, 7) is 0.698. The molecule has 184 valence electrons. The molecule has 2 amide bonds. The number of carbonyl (C=O) groups excluding carboxylic acids is 4. The zero-order valence-electron chi connectivity index (χ0n) is 19.0. The first-order valence-electron chi connectivity index (χ1n) is 9.86. The number of esters is 2. The summed E-state index contributed by atoms with van der Waals surface area (Å²) in [5, 5.41) is 21.5. The summed E-state index contributed by atoms with van der Waals surface area (Å²) in [6.07, 6.45) is 0. The van der Waals surface area contributed by atoms with Crippen molar-refractivity contribution in [3.05, 3.63) is 52.1 Å². The van der Waals surface area contributed by atoms with Gasteiger partial charge < -0.3 is 25.4 Å². The highest BCUT2D eigenvalue weighted by atomic mass is 16.6. The Morgan fingerprint density at radius 3 is 2.09 bits per heavy atom. The van der Waals surface area contributed by atoms with E-state index in [-0.39, 0.29) is 41.4 Å². The van der Waals surface area contributed by atoms with E-state index in [2.05, 4.69) is 25.0 Å². The number of ether oxygens (including phenoxy) is 2. The van der Waals surface area contributed by atoms with Gasteiger partial charge in [0.25, 0.3) is 11.6 Å². The zero-order valence-corrected chi connectivity index (χ0v) is 19.0. The number of benzene rings is 2. The van der Waals surface area contributed by atoms with Crippen molar-refractivity contribution in [2.75, 3.05) is 37.5 Å². The van der Waals surface area contributed by atoms with Crippen LogP contribution in [0.15, 0.2) is 46.6 Å². The number of non-ortho nitro benzene ring substituents is 1. The van der Waals surface area contributed by atoms with E-state index in [1.807, 2.05) is 0 Å². The van der Waals surface area contributed by atoms with E-state index in [1.165, 1.54) is 50.3 Å². The van der Waals surface area contributed by atoms with E-state index in [0.717, 1.165) is 12.1 Å². The third kappa shape index (κ3) is 7.31. The Hall–Kier alpha value is -4.88. The molecular formula is C21H22N6O8. The Morgan fingerprint density at radius 1 is 1.00 bits per heavy atom. The van der Waals surface area contributed by atoms with Crippen LogP contribution < -0.4 is 16.0 Å². The van der Waals surface area contributed by atoms with Gasteiger partial charge in [0.05, 0.1) is 36.1 Å². The van der Waals surface area contributed by atoms with Gasteiger partial charge in [0, 0.05) is 24.7 Å². The normalized spacial score (nSPS) is 10.5. The molecule has 2 aromatic rings. The summed E-state index contributed by atoms with van der Waals surface area (Å²) in [6, 6.07) is 7.73. The fourth-order valence-electron chi connectivity index (χ4n) is 2.81. The van der Waals surface area contributed by atoms with Gasteiger partial charge in [-0.25, -0.2) is 0 Å². The number of hydrogen-bond donors (Lipinski definition) is 2. The van der Waals surface area contributed by atoms with Gasteiger partial charge in [-0.2, -0.15) is 0 Å². The lowest BCUT2D eigenvalue weighted by molar-refractivity contribution is -0.384. The molecule has 0 spiro atoms. The van der Waals surface area contributed by atoms with Crippen molar-refractivity contribution in [2.45, 2.75) is 6.92 Å². The van der Waals surface area contributed by atoms with Crippen molar-refractivity contribution < 1.29 is 33.6 Å². The molecule has 0 radical (unpaired) electrons. The number of primary amides is 1. The Balaban J connectivity index is 2.50. The van der Waals surface area contributed by atoms with Crippen LogP contribution in [0.3, 0.4) is 0 Å². The maximum absolute atomic E-state index is 11.8. The molecule has 0 bridgehead atoms. The predicted molar refractivity (Wildman–Crippen MR) is 123 cm³/mol. The summed E-state index contributed by atoms with van der Waals surface area (Å²) in [7, 11) is 2.40. The third-order valence-corrected chi connectivity index (χ3v) is 4.47. The molecule has 0 heterocycles. The van der Waals surface area contributed by atoms with E-state index < -0.39 is 28.7 Å². The smallest absolute Gasteiger partial charge is 0.325 e. The fourth-order valence-corrected chi connectivity index (χ4v) is 2.81. The van der Waals surface area contributed by atoms with Crippen LogP contribution in [0.1, 0.15) is 17.3 Å². The zero-order chi connectivity index (χ0) is 26.1. The number of amides is 2. The summed E-state index contributed by atoms with van der Waals surface area (Å²) in [4.78, 5) is 58.7. The maximum Gasteiger partial charge on any atom is 0.325 e. The van der Waals surface area contributed by atoms with Gasteiger partial charge in [-0.15, -0.1) is 10.2 Å². The molecule has 0 atom stereocenters. The molecule has 0 saturated heterocycles. The second-order valence-corrected chi connectivity index (χ2v) is 6.91. The number of nitro groups is 1. The van der Waals surface area contributed by atoms with Gasteiger partial charge in [-0.05, 0) is 24.3 Å². The van der Waals surface area contributed by atoms with Crippen molar-refractivity contribution >= 4 is 52.2 Å². The number of carbonyl (C=O) groups is 4. The number of nitro benzene ring substituents is 1. The van der Waals surface area contributed by atoms with Crippen molar-refractivity contribution in [3.8, 4) is 0 Å². The van der Waals surface area contributed by atoms with E-state index in [4.69, 9.17) is 5.73 Å². The molecule has 0 aliphatic carbocycles. The minimum absolute atomic E-state index is 0.0287. The molecule has 35 heavy (non-hydrogen) atoms. The van der Waals surface area contributed by atoms with Crippen LogP contribution in [0.5, 0.6) is 0 Å². The van der Waals surface area contributed by atoms with Crippen LogP contribution in [0.2, 0.25) is 0 Å². The van der Waals surface area contributed by atoms with Crippen LogP contribution in [0.4, 0.5) is 28.4 Å². The number of anilines is 2. The summed E-state index contributed by atoms with van der Waals surface area (Å²) in [5.41, 5.74) is 5.38. The SMILES string of the molecule is COC(=O)CN(CC(=O)OC)c1ccc(N=Nc2ccc([N+](=O)[O-])cc2C(N)=O)c(NC(C)=O)c1. The lowest BCUT2D eigenvalue weighted by atomic mass is 10.1. The molecule has 0 fully saturated rings. The van der Waals surface area contributed by atoms with Crippen LogP contribution in [-0.4, -0.2) is 56.0 Å². The maximum atomic E-state index is 11.8. The summed E-state index contributed by atoms with van der Waals surface area (Å²) < 4.78 is 9.32. The number of nitrogens with one attached hydrogen (secondary N) is 1. The van der Waals surface area contributed by atoms with Crippen molar-refractivity contribution in [1.82, 2.24) is 0 Å². The minimum Gasteiger partial charge on any atom is -0.468 e. The average molecular weight is 486 g/mol. The van der Waals surface area contributed by atoms with Crippen molar-refractivity contribution in [1.29, 1.82) is 0 Å². The molecule has 3 N–H and O–H groups in total. The van der Waals surface area contributed by atoms with Gasteiger partial charge in [0.15, 0.2) is 0 Å². The first-order chi connectivity index (χ1) is 16.5. The first-order valence-corrected chi connectivity index (χ1v) is 9.86. The molecule has 2 rings (SSSR count). The number of hydrogen-bond acceptors (Lipinski definition) is 11. The molecule has 0 aromatic heterocycles. The number of azo groups is 1. The Morgan fingerprint density at radius 2 is 1.57 bits per heavy atom. The summed E-state index contributed by atoms with van der Waals surface area (Å²) >= 11 is 0. The largest absolute Gasteiger partial charge is 0.468 e. The van der Waals surface area contributed by atoms with E-state index in [1.54, 1.807) is 0 Å². The quantitative estimate of drug-likeness (QED) is 0.219. The highest BCUT2D eigenvalue weighted by molar-refractivity contribution is 5.98. The third-order valence-electron chi connectivity index (χ3n) is 4.47. The Bertz CT molecular complexity index is 1180. The molecule has 0 aliphatic heterocycles. The van der Waals surface area contributed by atoms with Gasteiger partial charge in [-0.1, -0.05) is 0 Å². The number of nitrogens with two attached hydrogens (primary N) is 1. The van der Waals surface area contributed by atoms with Crippen LogP contribution in [-0.2, 0) is 23.9 Å². The summed E-state index contributed by atoms with van der Waals surface area (Å²) in [5.74, 6) is -2.62. The monoisotopic (exact) mass is 486 g/mol. The van der Waals surface area contributed by atoms with Crippen LogP contribution in [0.25, 0.3) is 0 Å². The Labute approximate surface area is 198 Å². The average Bonchev–Trinajstić information content (AvgIpc) is 2.81. The van der Waals surface area contributed by atoms with Crippen molar-refractivity contribution in [2.24, 2.45) is 16.0 Å². The molecular weight excluding hydrogens is 464 g/mol. The number of methoxy groups -OCH3 is 2. The predicted octanol–water partition coefficient (Wildman–Crippen LogP) is 2.22. The molecule has 0 unspecified atom stereocenters. The van der Waals surface area contributed by atoms with E-state index >= 15 is 0 Å². The van der Waals surface area contributed by atoms with E-state index in [9.17, 15) is 29.3 Å². The second kappa shape index (κ2) is 11.8. The highest BCUT2D eigenvalue weighted by Crippen LogP contribution is 2.33. The number of nitrogens with zero attached hydrogens (tertiary/aromatic N) is 4. The first kappa shape index (κ1) is 26.4. The lowest BCUT2D eigenvalue weighted by Crippen LogP contribution is -2.35. The van der Waals surface area contributed by atoms with Gasteiger partial charge in [0.1, 0.15) is 18.8 Å².